The molecular weight excluding hydrogens is 686 g/mol. The molecule has 1 saturated heterocycles. The zero-order valence-electron chi connectivity index (χ0n) is 27.2. The highest BCUT2D eigenvalue weighted by atomic mass is 35.5. The molecule has 14 nitrogen and oxygen atoms in total. The Morgan fingerprint density at radius 1 is 0.857 bits per heavy atom. The summed E-state index contributed by atoms with van der Waals surface area (Å²) in [7, 11) is 1.52. The van der Waals surface area contributed by atoms with Crippen molar-refractivity contribution in [3.05, 3.63) is 46.5 Å². The standard InChI is InChI=1S/C32H41Cl2FN6O8/c1-46-26-18-25-22(32(37-21-36-25)38-24-4-3-23(33)30(34)31(24)35)17-27(26)49-16-15-48-14-13-47-12-2-5-39-6-8-40(19-28(42)43)10-11-41(9-7-39)20-29(44)45/h3-4,17-18,21H,2,5-16,19-20H2,1H3,(H,42,43)(H,44,45)(H,36,37,38). The number of aliphatic carboxylic acids is 2. The van der Waals surface area contributed by atoms with Gasteiger partial charge in [-0.2, -0.15) is 0 Å². The Kier molecular flexibility index (Phi) is 15.3. The average Bonchev–Trinajstić information content (AvgIpc) is 3.16. The zero-order valence-corrected chi connectivity index (χ0v) is 28.7. The number of halogens is 3. The van der Waals surface area contributed by atoms with Gasteiger partial charge < -0.3 is 39.4 Å². The molecule has 3 N–H and O–H groups in total. The molecule has 49 heavy (non-hydrogen) atoms. The fraction of sp³-hybridized carbons (Fsp3) is 0.500. The monoisotopic (exact) mass is 726 g/mol. The number of carboxylic acids is 2. The summed E-state index contributed by atoms with van der Waals surface area (Å²) in [4.78, 5) is 36.9. The number of carbonyl (C=O) groups is 2. The van der Waals surface area contributed by atoms with E-state index in [1.165, 1.54) is 25.6 Å². The Labute approximate surface area is 293 Å². The normalized spacial score (nSPS) is 15.0. The number of benzene rings is 2. The first-order valence-electron chi connectivity index (χ1n) is 15.8. The summed E-state index contributed by atoms with van der Waals surface area (Å²) in [5.41, 5.74) is 0.655. The van der Waals surface area contributed by atoms with Crippen LogP contribution < -0.4 is 14.8 Å². The van der Waals surface area contributed by atoms with Gasteiger partial charge in [-0.1, -0.05) is 23.2 Å². The molecule has 0 atom stereocenters. The molecule has 268 valence electrons. The number of methoxy groups -OCH3 is 1. The van der Waals surface area contributed by atoms with Crippen molar-refractivity contribution < 1.29 is 43.1 Å². The Morgan fingerprint density at radius 2 is 1.47 bits per heavy atom. The largest absolute Gasteiger partial charge is 0.493 e. The van der Waals surface area contributed by atoms with Crippen molar-refractivity contribution >= 4 is 57.5 Å². The molecule has 0 saturated carbocycles. The van der Waals surface area contributed by atoms with E-state index in [1.807, 2.05) is 9.80 Å². The summed E-state index contributed by atoms with van der Waals surface area (Å²) in [5, 5.41) is 21.9. The number of fused-ring (bicyclic) bond motifs is 1. The van der Waals surface area contributed by atoms with E-state index in [9.17, 15) is 24.2 Å². The number of ether oxygens (including phenoxy) is 4. The van der Waals surface area contributed by atoms with Crippen molar-refractivity contribution in [1.82, 2.24) is 24.7 Å². The smallest absolute Gasteiger partial charge is 0.317 e. The predicted octanol–water partition coefficient (Wildman–Crippen LogP) is 3.72. The maximum atomic E-state index is 14.7. The van der Waals surface area contributed by atoms with E-state index in [2.05, 4.69) is 20.2 Å². The van der Waals surface area contributed by atoms with Crippen LogP contribution in [-0.4, -0.2) is 146 Å². The number of nitrogens with one attached hydrogen (secondary N) is 1. The van der Waals surface area contributed by atoms with E-state index >= 15 is 0 Å². The Bertz CT molecular complexity index is 1530. The summed E-state index contributed by atoms with van der Waals surface area (Å²) in [5.74, 6) is -1.27. The first-order chi connectivity index (χ1) is 23.6. The van der Waals surface area contributed by atoms with Gasteiger partial charge in [-0.3, -0.25) is 19.4 Å². The third kappa shape index (κ3) is 12.1. The van der Waals surface area contributed by atoms with Crippen LogP contribution in [0, 0.1) is 5.82 Å². The summed E-state index contributed by atoms with van der Waals surface area (Å²) in [6, 6.07) is 6.36. The lowest BCUT2D eigenvalue weighted by molar-refractivity contribution is -0.140. The summed E-state index contributed by atoms with van der Waals surface area (Å²) < 4.78 is 37.5. The first-order valence-corrected chi connectivity index (χ1v) is 16.5. The number of anilines is 2. The Morgan fingerprint density at radius 3 is 2.10 bits per heavy atom. The van der Waals surface area contributed by atoms with Gasteiger partial charge >= 0.3 is 11.9 Å². The fourth-order valence-electron chi connectivity index (χ4n) is 5.22. The van der Waals surface area contributed by atoms with E-state index in [0.717, 1.165) is 13.0 Å². The molecule has 0 amide bonds. The Hall–Kier alpha value is -3.57. The van der Waals surface area contributed by atoms with Crippen LogP contribution in [0.15, 0.2) is 30.6 Å². The van der Waals surface area contributed by atoms with E-state index in [4.69, 9.17) is 42.1 Å². The molecule has 0 radical (unpaired) electrons. The highest BCUT2D eigenvalue weighted by Gasteiger charge is 2.19. The van der Waals surface area contributed by atoms with Crippen LogP contribution in [0.1, 0.15) is 6.42 Å². The minimum atomic E-state index is -0.899. The third-order valence-electron chi connectivity index (χ3n) is 7.74. The van der Waals surface area contributed by atoms with E-state index in [-0.39, 0.29) is 35.4 Å². The molecule has 0 spiro atoms. The van der Waals surface area contributed by atoms with Gasteiger partial charge in [-0.15, -0.1) is 0 Å². The molecule has 4 rings (SSSR count). The van der Waals surface area contributed by atoms with Gasteiger partial charge in [-0.25, -0.2) is 14.4 Å². The van der Waals surface area contributed by atoms with Gasteiger partial charge in [-0.05, 0) is 24.6 Å². The predicted molar refractivity (Wildman–Crippen MR) is 182 cm³/mol. The second-order valence-corrected chi connectivity index (χ2v) is 12.0. The molecule has 17 heteroatoms. The van der Waals surface area contributed by atoms with E-state index in [0.29, 0.717) is 93.9 Å². The minimum absolute atomic E-state index is 0.0738. The Balaban J connectivity index is 1.18. The molecule has 1 fully saturated rings. The van der Waals surface area contributed by atoms with Crippen molar-refractivity contribution in [2.75, 3.05) is 104 Å². The second kappa shape index (κ2) is 19.6. The van der Waals surface area contributed by atoms with Gasteiger partial charge in [0, 0.05) is 63.9 Å². The molecule has 0 bridgehead atoms. The van der Waals surface area contributed by atoms with Crippen LogP contribution in [0.4, 0.5) is 15.9 Å². The molecule has 0 aliphatic carbocycles. The van der Waals surface area contributed by atoms with Gasteiger partial charge in [0.15, 0.2) is 17.3 Å². The molecule has 3 aromatic rings. The topological polar surface area (TPSA) is 159 Å². The lowest BCUT2D eigenvalue weighted by Crippen LogP contribution is -2.40. The molecule has 1 aromatic heterocycles. The third-order valence-corrected chi connectivity index (χ3v) is 8.53. The quantitative estimate of drug-likeness (QED) is 0.129. The number of hydrogen-bond acceptors (Lipinski definition) is 12. The SMILES string of the molecule is COc1cc2ncnc(Nc3ccc(Cl)c(Cl)c3F)c2cc1OCCOCCOCCCN1CCN(CC(=O)O)CCN(CC(=O)O)CC1. The van der Waals surface area contributed by atoms with Crippen molar-refractivity contribution in [2.45, 2.75) is 6.42 Å². The fourth-order valence-corrected chi connectivity index (χ4v) is 5.53. The lowest BCUT2D eigenvalue weighted by atomic mass is 10.2. The van der Waals surface area contributed by atoms with Crippen LogP contribution in [0.2, 0.25) is 10.0 Å². The van der Waals surface area contributed by atoms with E-state index in [1.54, 1.807) is 12.1 Å². The highest BCUT2D eigenvalue weighted by molar-refractivity contribution is 6.42. The molecule has 1 aliphatic rings. The summed E-state index contributed by atoms with van der Waals surface area (Å²) in [6.07, 6.45) is 2.11. The molecule has 0 unspecified atom stereocenters. The van der Waals surface area contributed by atoms with Gasteiger partial charge in [0.2, 0.25) is 0 Å². The molecular formula is C32H41Cl2FN6O8. The summed E-state index contributed by atoms with van der Waals surface area (Å²) >= 11 is 11.9. The maximum absolute atomic E-state index is 14.7. The van der Waals surface area contributed by atoms with Crippen LogP contribution >= 0.6 is 23.2 Å². The van der Waals surface area contributed by atoms with Crippen LogP contribution in [-0.2, 0) is 19.1 Å². The van der Waals surface area contributed by atoms with E-state index < -0.39 is 17.8 Å². The van der Waals surface area contributed by atoms with Crippen molar-refractivity contribution in [2.24, 2.45) is 0 Å². The number of hydrogen-bond donors (Lipinski definition) is 3. The first kappa shape index (κ1) is 38.2. The lowest BCUT2D eigenvalue weighted by Gasteiger charge is -2.25. The summed E-state index contributed by atoms with van der Waals surface area (Å²) in [6.45, 7) is 6.01. The second-order valence-electron chi connectivity index (χ2n) is 11.2. The van der Waals surface area contributed by atoms with Gasteiger partial charge in [0.05, 0.1) is 61.3 Å². The minimum Gasteiger partial charge on any atom is -0.493 e. The number of carboxylic acid groups (broad SMARTS) is 2. The number of rotatable bonds is 18. The van der Waals surface area contributed by atoms with Crippen molar-refractivity contribution in [3.63, 3.8) is 0 Å². The number of aromatic nitrogens is 2. The zero-order chi connectivity index (χ0) is 35.2. The molecule has 2 heterocycles. The van der Waals surface area contributed by atoms with Crippen LogP contribution in [0.25, 0.3) is 10.9 Å². The van der Waals surface area contributed by atoms with Crippen molar-refractivity contribution in [1.29, 1.82) is 0 Å². The maximum Gasteiger partial charge on any atom is 0.317 e. The molecule has 1 aliphatic heterocycles. The van der Waals surface area contributed by atoms with Gasteiger partial charge in [0.1, 0.15) is 18.8 Å². The van der Waals surface area contributed by atoms with Crippen LogP contribution in [0.5, 0.6) is 11.5 Å². The van der Waals surface area contributed by atoms with Crippen LogP contribution in [0.3, 0.4) is 0 Å². The molecule has 2 aromatic carbocycles. The average molecular weight is 728 g/mol. The number of nitrogens with zero attached hydrogens (tertiary/aromatic N) is 5. The highest BCUT2D eigenvalue weighted by Crippen LogP contribution is 2.36. The van der Waals surface area contributed by atoms with Crippen molar-refractivity contribution in [3.8, 4) is 11.5 Å². The van der Waals surface area contributed by atoms with Gasteiger partial charge in [0.25, 0.3) is 0 Å².